The first-order valence-electron chi connectivity index (χ1n) is 6.85. The van der Waals surface area contributed by atoms with Crippen LogP contribution in [0.1, 0.15) is 12.5 Å². The van der Waals surface area contributed by atoms with Crippen LogP contribution in [0.25, 0.3) is 0 Å². The molecule has 1 aromatic rings. The Labute approximate surface area is 140 Å². The number of ether oxygens (including phenoxy) is 1. The van der Waals surface area contributed by atoms with Crippen LogP contribution in [0.5, 0.6) is 0 Å². The Hall–Kier alpha value is -1.24. The van der Waals surface area contributed by atoms with Gasteiger partial charge < -0.3 is 15.4 Å². The SMILES string of the molecule is COCCN(C(=O)CSCc1ccc(Cl)cc1)C(C)C(N)=O. The van der Waals surface area contributed by atoms with Crippen molar-refractivity contribution in [3.8, 4) is 0 Å². The second kappa shape index (κ2) is 9.71. The third kappa shape index (κ3) is 6.25. The second-order valence-corrected chi connectivity index (χ2v) is 6.20. The van der Waals surface area contributed by atoms with Crippen molar-refractivity contribution in [1.82, 2.24) is 4.90 Å². The lowest BCUT2D eigenvalue weighted by molar-refractivity contribution is -0.137. The predicted molar refractivity (Wildman–Crippen MR) is 89.9 cm³/mol. The highest BCUT2D eigenvalue weighted by Gasteiger charge is 2.23. The molecule has 0 fully saturated rings. The average molecular weight is 345 g/mol. The van der Waals surface area contributed by atoms with Crippen LogP contribution in [0.2, 0.25) is 5.02 Å². The Morgan fingerprint density at radius 1 is 1.36 bits per heavy atom. The highest BCUT2D eigenvalue weighted by Crippen LogP contribution is 2.16. The Kier molecular flexibility index (Phi) is 8.30. The summed E-state index contributed by atoms with van der Waals surface area (Å²) < 4.78 is 4.97. The number of hydrogen-bond acceptors (Lipinski definition) is 4. The molecule has 122 valence electrons. The normalized spacial score (nSPS) is 12.0. The molecule has 0 spiro atoms. The first kappa shape index (κ1) is 18.8. The average Bonchev–Trinajstić information content (AvgIpc) is 2.49. The number of carbonyl (C=O) groups excluding carboxylic acids is 2. The number of hydrogen-bond donors (Lipinski definition) is 1. The highest BCUT2D eigenvalue weighted by molar-refractivity contribution is 7.99. The molecule has 1 aromatic carbocycles. The summed E-state index contributed by atoms with van der Waals surface area (Å²) in [6.07, 6.45) is 0. The zero-order valence-electron chi connectivity index (χ0n) is 12.8. The van der Waals surface area contributed by atoms with Gasteiger partial charge in [0.2, 0.25) is 11.8 Å². The van der Waals surface area contributed by atoms with E-state index in [0.29, 0.717) is 23.9 Å². The predicted octanol–water partition coefficient (Wildman–Crippen LogP) is 1.92. The topological polar surface area (TPSA) is 72.6 Å². The molecule has 2 N–H and O–H groups in total. The lowest BCUT2D eigenvalue weighted by Crippen LogP contribution is -2.48. The molecular weight excluding hydrogens is 324 g/mol. The lowest BCUT2D eigenvalue weighted by Gasteiger charge is -2.26. The maximum Gasteiger partial charge on any atom is 0.239 e. The number of thioether (sulfide) groups is 1. The number of benzene rings is 1. The number of methoxy groups -OCH3 is 1. The van der Waals surface area contributed by atoms with E-state index >= 15 is 0 Å². The summed E-state index contributed by atoms with van der Waals surface area (Å²) in [6, 6.07) is 6.85. The molecule has 0 heterocycles. The van der Waals surface area contributed by atoms with Gasteiger partial charge in [-0.1, -0.05) is 23.7 Å². The highest BCUT2D eigenvalue weighted by atomic mass is 35.5. The standard InChI is InChI=1S/C15H21ClN2O3S/c1-11(15(17)20)18(7-8-21-2)14(19)10-22-9-12-3-5-13(16)6-4-12/h3-6,11H,7-10H2,1-2H3,(H2,17,20). The fraction of sp³-hybridized carbons (Fsp3) is 0.467. The van der Waals surface area contributed by atoms with Gasteiger partial charge in [0.25, 0.3) is 0 Å². The number of primary amides is 1. The van der Waals surface area contributed by atoms with Gasteiger partial charge in [0, 0.05) is 24.4 Å². The Morgan fingerprint density at radius 2 is 2.00 bits per heavy atom. The first-order valence-corrected chi connectivity index (χ1v) is 8.39. The number of halogens is 1. The van der Waals surface area contributed by atoms with Crippen LogP contribution in [0.3, 0.4) is 0 Å². The minimum atomic E-state index is -0.640. The van der Waals surface area contributed by atoms with Crippen LogP contribution in [0, 0.1) is 0 Å². The van der Waals surface area contributed by atoms with E-state index in [9.17, 15) is 9.59 Å². The maximum absolute atomic E-state index is 12.3. The van der Waals surface area contributed by atoms with Crippen LogP contribution in [-0.4, -0.2) is 48.8 Å². The largest absolute Gasteiger partial charge is 0.383 e. The van der Waals surface area contributed by atoms with E-state index in [1.807, 2.05) is 24.3 Å². The summed E-state index contributed by atoms with van der Waals surface area (Å²) >= 11 is 7.31. The fourth-order valence-electron chi connectivity index (χ4n) is 1.80. The van der Waals surface area contributed by atoms with Gasteiger partial charge in [-0.15, -0.1) is 11.8 Å². The van der Waals surface area contributed by atoms with Crippen molar-refractivity contribution < 1.29 is 14.3 Å². The Balaban J connectivity index is 2.51. The molecule has 0 aliphatic carbocycles. The van der Waals surface area contributed by atoms with Crippen LogP contribution in [0.4, 0.5) is 0 Å². The van der Waals surface area contributed by atoms with E-state index in [4.69, 9.17) is 22.1 Å². The molecule has 2 amide bonds. The van der Waals surface area contributed by atoms with Crippen LogP contribution < -0.4 is 5.73 Å². The van der Waals surface area contributed by atoms with E-state index < -0.39 is 11.9 Å². The van der Waals surface area contributed by atoms with Gasteiger partial charge in [-0.05, 0) is 24.6 Å². The molecular formula is C15H21ClN2O3S. The van der Waals surface area contributed by atoms with Crippen LogP contribution >= 0.6 is 23.4 Å². The number of nitrogens with two attached hydrogens (primary N) is 1. The molecule has 7 heteroatoms. The number of rotatable bonds is 9. The third-order valence-electron chi connectivity index (χ3n) is 3.14. The van der Waals surface area contributed by atoms with Crippen molar-refractivity contribution >= 4 is 35.2 Å². The molecule has 0 saturated carbocycles. The van der Waals surface area contributed by atoms with Crippen molar-refractivity contribution in [1.29, 1.82) is 0 Å². The summed E-state index contributed by atoms with van der Waals surface area (Å²) in [5, 5.41) is 0.686. The monoisotopic (exact) mass is 344 g/mol. The summed E-state index contributed by atoms with van der Waals surface area (Å²) in [6.45, 7) is 2.34. The summed E-state index contributed by atoms with van der Waals surface area (Å²) in [5.41, 5.74) is 6.38. The summed E-state index contributed by atoms with van der Waals surface area (Å²) in [5.74, 6) is 0.338. The number of carbonyl (C=O) groups is 2. The van der Waals surface area contributed by atoms with Crippen molar-refractivity contribution in [3.05, 3.63) is 34.9 Å². The molecule has 22 heavy (non-hydrogen) atoms. The van der Waals surface area contributed by atoms with Gasteiger partial charge in [0.1, 0.15) is 6.04 Å². The van der Waals surface area contributed by atoms with Gasteiger partial charge in [0.05, 0.1) is 12.4 Å². The molecule has 0 aromatic heterocycles. The van der Waals surface area contributed by atoms with Crippen LogP contribution in [0.15, 0.2) is 24.3 Å². The maximum atomic E-state index is 12.3. The van der Waals surface area contributed by atoms with E-state index in [0.717, 1.165) is 5.56 Å². The smallest absolute Gasteiger partial charge is 0.239 e. The van der Waals surface area contributed by atoms with E-state index in [1.165, 1.54) is 16.7 Å². The van der Waals surface area contributed by atoms with Crippen LogP contribution in [-0.2, 0) is 20.1 Å². The fourth-order valence-corrected chi connectivity index (χ4v) is 2.79. The molecule has 1 rings (SSSR count). The zero-order valence-corrected chi connectivity index (χ0v) is 14.3. The first-order chi connectivity index (χ1) is 10.5. The van der Waals surface area contributed by atoms with Gasteiger partial charge in [-0.2, -0.15) is 0 Å². The molecule has 0 saturated heterocycles. The third-order valence-corrected chi connectivity index (χ3v) is 4.38. The Morgan fingerprint density at radius 3 is 2.55 bits per heavy atom. The van der Waals surface area contributed by atoms with Crippen molar-refractivity contribution in [2.75, 3.05) is 26.0 Å². The summed E-state index contributed by atoms with van der Waals surface area (Å²) in [7, 11) is 1.55. The van der Waals surface area contributed by atoms with Crippen molar-refractivity contribution in [3.63, 3.8) is 0 Å². The van der Waals surface area contributed by atoms with Gasteiger partial charge >= 0.3 is 0 Å². The molecule has 0 aliphatic heterocycles. The minimum absolute atomic E-state index is 0.123. The van der Waals surface area contributed by atoms with Gasteiger partial charge in [-0.3, -0.25) is 9.59 Å². The zero-order chi connectivity index (χ0) is 16.5. The quantitative estimate of drug-likeness (QED) is 0.742. The second-order valence-electron chi connectivity index (χ2n) is 4.78. The Bertz CT molecular complexity index is 496. The minimum Gasteiger partial charge on any atom is -0.383 e. The molecule has 1 unspecified atom stereocenters. The molecule has 0 radical (unpaired) electrons. The van der Waals surface area contributed by atoms with E-state index in [2.05, 4.69) is 0 Å². The van der Waals surface area contributed by atoms with Crippen molar-refractivity contribution in [2.24, 2.45) is 5.73 Å². The van der Waals surface area contributed by atoms with Gasteiger partial charge in [0.15, 0.2) is 0 Å². The number of nitrogens with zero attached hydrogens (tertiary/aromatic N) is 1. The number of amides is 2. The molecule has 0 aliphatic rings. The van der Waals surface area contributed by atoms with Gasteiger partial charge in [-0.25, -0.2) is 0 Å². The molecule has 1 atom stereocenters. The van der Waals surface area contributed by atoms with E-state index in [1.54, 1.807) is 14.0 Å². The molecule has 5 nitrogen and oxygen atoms in total. The van der Waals surface area contributed by atoms with E-state index in [-0.39, 0.29) is 11.7 Å². The summed E-state index contributed by atoms with van der Waals surface area (Å²) in [4.78, 5) is 25.0. The molecule has 0 bridgehead atoms. The lowest BCUT2D eigenvalue weighted by atomic mass is 10.2. The van der Waals surface area contributed by atoms with Crippen molar-refractivity contribution in [2.45, 2.75) is 18.7 Å².